The minimum Gasteiger partial charge on any atom is -0.381 e. The van der Waals surface area contributed by atoms with E-state index in [2.05, 4.69) is 34.0 Å². The van der Waals surface area contributed by atoms with Gasteiger partial charge in [0.05, 0.1) is 5.69 Å². The maximum absolute atomic E-state index is 12.1. The van der Waals surface area contributed by atoms with Gasteiger partial charge in [-0.25, -0.2) is 0 Å². The molecule has 4 heteroatoms. The highest BCUT2D eigenvalue weighted by Crippen LogP contribution is 2.47. The van der Waals surface area contributed by atoms with E-state index in [-0.39, 0.29) is 12.0 Å². The lowest BCUT2D eigenvalue weighted by Gasteiger charge is -2.54. The third-order valence-corrected chi connectivity index (χ3v) is 6.69. The van der Waals surface area contributed by atoms with Crippen molar-refractivity contribution in [3.63, 3.8) is 0 Å². The van der Waals surface area contributed by atoms with Crippen LogP contribution in [0.15, 0.2) is 67.1 Å². The summed E-state index contributed by atoms with van der Waals surface area (Å²) in [5, 5.41) is 12.1. The van der Waals surface area contributed by atoms with Crippen LogP contribution < -0.4 is 0 Å². The zero-order chi connectivity index (χ0) is 20.6. The fourth-order valence-electron chi connectivity index (χ4n) is 5.18. The summed E-state index contributed by atoms with van der Waals surface area (Å²) in [6.07, 6.45) is 14.0. The monoisotopic (exact) mass is 395 g/mol. The van der Waals surface area contributed by atoms with Crippen molar-refractivity contribution in [3.8, 4) is 23.5 Å². The summed E-state index contributed by atoms with van der Waals surface area (Å²) < 4.78 is 0. The van der Waals surface area contributed by atoms with Crippen LogP contribution in [-0.4, -0.2) is 39.1 Å². The molecule has 1 aromatic carbocycles. The Hall–Kier alpha value is -3.00. The summed E-state index contributed by atoms with van der Waals surface area (Å²) in [4.78, 5) is 11.2. The van der Waals surface area contributed by atoms with Gasteiger partial charge in [-0.2, -0.15) is 0 Å². The number of fused-ring (bicyclic) bond motifs is 3. The van der Waals surface area contributed by atoms with Gasteiger partial charge >= 0.3 is 0 Å². The molecule has 3 fully saturated rings. The van der Waals surface area contributed by atoms with Crippen LogP contribution >= 0.6 is 0 Å². The predicted octanol–water partition coefficient (Wildman–Crippen LogP) is 3.65. The van der Waals surface area contributed by atoms with Crippen molar-refractivity contribution < 1.29 is 5.11 Å². The Kier molecular flexibility index (Phi) is 4.86. The second kappa shape index (κ2) is 7.68. The number of hydrogen-bond acceptors (Lipinski definition) is 4. The van der Waals surface area contributed by atoms with Gasteiger partial charge in [0.25, 0.3) is 0 Å². The summed E-state index contributed by atoms with van der Waals surface area (Å²) in [5.74, 6) is 3.03. The molecule has 2 unspecified atom stereocenters. The van der Waals surface area contributed by atoms with E-state index in [1.165, 1.54) is 5.56 Å². The molecule has 0 saturated carbocycles. The first-order valence-electron chi connectivity index (χ1n) is 10.6. The maximum atomic E-state index is 12.1. The molecule has 5 heterocycles. The van der Waals surface area contributed by atoms with Gasteiger partial charge in [-0.1, -0.05) is 36.3 Å². The van der Waals surface area contributed by atoms with Crippen LogP contribution in [0.2, 0.25) is 0 Å². The van der Waals surface area contributed by atoms with E-state index in [1.807, 2.05) is 36.5 Å². The number of aliphatic hydroxyl groups is 1. The molecule has 2 atom stereocenters. The van der Waals surface area contributed by atoms with E-state index in [4.69, 9.17) is 11.4 Å². The molecule has 0 aliphatic carbocycles. The summed E-state index contributed by atoms with van der Waals surface area (Å²) in [7, 11) is 0. The number of hydrogen-bond donors (Lipinski definition) is 1. The lowest BCUT2D eigenvalue weighted by atomic mass is 9.67. The number of aromatic nitrogens is 2. The average molecular weight is 396 g/mol. The van der Waals surface area contributed by atoms with Crippen molar-refractivity contribution in [1.29, 1.82) is 0 Å². The molecular formula is C26H25N3O. The van der Waals surface area contributed by atoms with E-state index < -0.39 is 5.60 Å². The molecule has 1 N–H and O–H groups in total. The molecule has 30 heavy (non-hydrogen) atoms. The Morgan fingerprint density at radius 3 is 2.50 bits per heavy atom. The Balaban J connectivity index is 1.65. The van der Waals surface area contributed by atoms with Crippen molar-refractivity contribution in [2.24, 2.45) is 5.92 Å². The molecule has 0 amide bonds. The van der Waals surface area contributed by atoms with E-state index in [0.717, 1.165) is 48.3 Å². The standard InChI is InChI=1S/C26H25N3O/c1-2-24-26(30,23-10-14-29(24)15-11-23)25-21(16-19-6-4-3-5-7-19)17-22(18-28-25)20-8-12-27-13-9-20/h1,3-9,12-13,17-18,23-24,30H,10-11,14-16H2. The van der Waals surface area contributed by atoms with Gasteiger partial charge in [-0.05, 0) is 73.2 Å². The first-order chi connectivity index (χ1) is 14.7. The summed E-state index contributed by atoms with van der Waals surface area (Å²) in [6.45, 7) is 1.90. The second-order valence-corrected chi connectivity index (χ2v) is 8.33. The van der Waals surface area contributed by atoms with Gasteiger partial charge in [0.1, 0.15) is 11.6 Å². The predicted molar refractivity (Wildman–Crippen MR) is 118 cm³/mol. The maximum Gasteiger partial charge on any atom is 0.136 e. The fraction of sp³-hybridized carbons (Fsp3) is 0.308. The highest BCUT2D eigenvalue weighted by molar-refractivity contribution is 5.63. The van der Waals surface area contributed by atoms with E-state index in [1.54, 1.807) is 12.4 Å². The smallest absolute Gasteiger partial charge is 0.136 e. The highest BCUT2D eigenvalue weighted by atomic mass is 16.3. The number of terminal acetylenes is 1. The van der Waals surface area contributed by atoms with Gasteiger partial charge in [-0.15, -0.1) is 6.42 Å². The van der Waals surface area contributed by atoms with Gasteiger partial charge in [-0.3, -0.25) is 14.9 Å². The van der Waals surface area contributed by atoms with Gasteiger partial charge < -0.3 is 5.11 Å². The minimum atomic E-state index is -1.12. The molecule has 150 valence electrons. The summed E-state index contributed by atoms with van der Waals surface area (Å²) in [5.41, 5.74) is 3.93. The number of piperidine rings is 3. The van der Waals surface area contributed by atoms with Crippen molar-refractivity contribution in [3.05, 3.63) is 83.9 Å². The number of pyridine rings is 2. The van der Waals surface area contributed by atoms with E-state index >= 15 is 0 Å². The Morgan fingerprint density at radius 2 is 1.80 bits per heavy atom. The second-order valence-electron chi connectivity index (χ2n) is 8.33. The molecule has 3 aliphatic heterocycles. The number of benzene rings is 1. The molecule has 3 aromatic rings. The van der Waals surface area contributed by atoms with E-state index in [0.29, 0.717) is 6.42 Å². The highest BCUT2D eigenvalue weighted by Gasteiger charge is 2.55. The van der Waals surface area contributed by atoms with Crippen LogP contribution in [0.1, 0.15) is 29.7 Å². The van der Waals surface area contributed by atoms with Crippen LogP contribution in [0, 0.1) is 18.3 Å². The Morgan fingerprint density at radius 1 is 1.07 bits per heavy atom. The van der Waals surface area contributed by atoms with Crippen molar-refractivity contribution in [2.75, 3.05) is 13.1 Å². The molecule has 4 nitrogen and oxygen atoms in total. The Bertz CT molecular complexity index is 1070. The van der Waals surface area contributed by atoms with Crippen LogP contribution in [0.4, 0.5) is 0 Å². The average Bonchev–Trinajstić information content (AvgIpc) is 2.81. The quantitative estimate of drug-likeness (QED) is 0.685. The van der Waals surface area contributed by atoms with Gasteiger partial charge in [0, 0.05) is 24.2 Å². The van der Waals surface area contributed by atoms with E-state index in [9.17, 15) is 5.11 Å². The van der Waals surface area contributed by atoms with Crippen molar-refractivity contribution >= 4 is 0 Å². The normalized spacial score (nSPS) is 27.5. The summed E-state index contributed by atoms with van der Waals surface area (Å²) in [6, 6.07) is 16.1. The Labute approximate surface area is 177 Å². The molecular weight excluding hydrogens is 370 g/mol. The number of rotatable bonds is 4. The zero-order valence-corrected chi connectivity index (χ0v) is 16.9. The van der Waals surface area contributed by atoms with Crippen molar-refractivity contribution in [1.82, 2.24) is 14.9 Å². The lowest BCUT2D eigenvalue weighted by Crippen LogP contribution is -2.64. The SMILES string of the molecule is C#CC1N2CCC(CC2)C1(O)c1ncc(-c2ccncc2)cc1Cc1ccccc1. The van der Waals surface area contributed by atoms with Gasteiger partial charge in [0.15, 0.2) is 0 Å². The molecule has 0 spiro atoms. The minimum absolute atomic E-state index is 0.136. The van der Waals surface area contributed by atoms with Gasteiger partial charge in [0.2, 0.25) is 0 Å². The molecule has 2 aromatic heterocycles. The first kappa shape index (κ1) is 19.0. The largest absolute Gasteiger partial charge is 0.381 e. The molecule has 0 radical (unpaired) electrons. The number of nitrogens with zero attached hydrogens (tertiary/aromatic N) is 3. The molecule has 3 saturated heterocycles. The lowest BCUT2D eigenvalue weighted by molar-refractivity contribution is -0.145. The van der Waals surface area contributed by atoms with Crippen molar-refractivity contribution in [2.45, 2.75) is 30.9 Å². The zero-order valence-electron chi connectivity index (χ0n) is 16.9. The molecule has 6 rings (SSSR count). The molecule has 3 aliphatic rings. The van der Waals surface area contributed by atoms with Crippen LogP contribution in [0.25, 0.3) is 11.1 Å². The summed E-state index contributed by atoms with van der Waals surface area (Å²) >= 11 is 0. The molecule has 2 bridgehead atoms. The third kappa shape index (κ3) is 3.11. The fourth-order valence-corrected chi connectivity index (χ4v) is 5.18. The third-order valence-electron chi connectivity index (χ3n) is 6.69. The van der Waals surface area contributed by atoms with Crippen LogP contribution in [0.5, 0.6) is 0 Å². The van der Waals surface area contributed by atoms with Crippen LogP contribution in [-0.2, 0) is 12.0 Å². The topological polar surface area (TPSA) is 49.2 Å². The van der Waals surface area contributed by atoms with Crippen LogP contribution in [0.3, 0.4) is 0 Å². The first-order valence-corrected chi connectivity index (χ1v) is 10.6.